The van der Waals surface area contributed by atoms with Crippen molar-refractivity contribution in [3.8, 4) is 0 Å². The van der Waals surface area contributed by atoms with Gasteiger partial charge in [-0.1, -0.05) is 18.2 Å². The third-order valence-electron chi connectivity index (χ3n) is 3.28. The van der Waals surface area contributed by atoms with E-state index in [1.54, 1.807) is 0 Å². The van der Waals surface area contributed by atoms with Crippen LogP contribution in [0.4, 0.5) is 13.2 Å². The molecule has 2 aromatic carbocycles. The predicted octanol–water partition coefficient (Wildman–Crippen LogP) is 2.59. The molecular weight excluding hydrogens is 379 g/mol. The summed E-state index contributed by atoms with van der Waals surface area (Å²) < 4.78 is 87.2. The predicted molar refractivity (Wildman–Crippen MR) is 85.0 cm³/mol. The Kier molecular flexibility index (Phi) is 5.26. The number of rotatable bonds is 5. The van der Waals surface area contributed by atoms with Gasteiger partial charge in [0.25, 0.3) is 0 Å². The lowest BCUT2D eigenvalue weighted by molar-refractivity contribution is -0.137. The average molecular weight is 393 g/mol. The third-order valence-corrected chi connectivity index (χ3v) is 5.83. The Morgan fingerprint density at radius 1 is 0.920 bits per heavy atom. The van der Waals surface area contributed by atoms with Crippen LogP contribution in [-0.4, -0.2) is 23.1 Å². The lowest BCUT2D eigenvalue weighted by Crippen LogP contribution is -2.23. The maximum Gasteiger partial charge on any atom is 0.416 e. The van der Waals surface area contributed by atoms with E-state index in [0.717, 1.165) is 42.7 Å². The maximum atomic E-state index is 12.7. The van der Waals surface area contributed by atoms with Gasteiger partial charge in [0, 0.05) is 12.8 Å². The first-order valence-electron chi connectivity index (χ1n) is 6.85. The number of hydrogen-bond donors (Lipinski definition) is 1. The van der Waals surface area contributed by atoms with Crippen LogP contribution in [0.1, 0.15) is 11.1 Å². The largest absolute Gasteiger partial charge is 0.416 e. The van der Waals surface area contributed by atoms with E-state index >= 15 is 0 Å². The van der Waals surface area contributed by atoms with Crippen molar-refractivity contribution < 1.29 is 30.0 Å². The van der Waals surface area contributed by atoms with Crippen LogP contribution in [0.5, 0.6) is 0 Å². The molecule has 0 amide bonds. The molecule has 10 heteroatoms. The van der Waals surface area contributed by atoms with Crippen LogP contribution in [0.3, 0.4) is 0 Å². The molecule has 1 N–H and O–H groups in total. The average Bonchev–Trinajstić information content (AvgIpc) is 2.52. The summed E-state index contributed by atoms with van der Waals surface area (Å²) in [7, 11) is -7.46. The van der Waals surface area contributed by atoms with Gasteiger partial charge in [0.2, 0.25) is 10.0 Å². The van der Waals surface area contributed by atoms with Gasteiger partial charge in [-0.2, -0.15) is 13.2 Å². The van der Waals surface area contributed by atoms with Gasteiger partial charge >= 0.3 is 6.18 Å². The molecule has 0 heterocycles. The second-order valence-electron chi connectivity index (χ2n) is 5.27. The van der Waals surface area contributed by atoms with Gasteiger partial charge in [0.1, 0.15) is 0 Å². The molecule has 0 aromatic heterocycles. The summed E-state index contributed by atoms with van der Waals surface area (Å²) >= 11 is 0. The van der Waals surface area contributed by atoms with Crippen LogP contribution in [-0.2, 0) is 32.6 Å². The van der Waals surface area contributed by atoms with Crippen molar-refractivity contribution in [1.29, 1.82) is 0 Å². The van der Waals surface area contributed by atoms with Crippen LogP contribution in [0.15, 0.2) is 58.3 Å². The Labute approximate surface area is 143 Å². The summed E-state index contributed by atoms with van der Waals surface area (Å²) in [5.74, 6) is 0. The Hall–Kier alpha value is -1.91. The molecule has 25 heavy (non-hydrogen) atoms. The molecule has 0 aliphatic carbocycles. The Bertz CT molecular complexity index is 967. The summed E-state index contributed by atoms with van der Waals surface area (Å²) in [6.07, 6.45) is -3.53. The fourth-order valence-corrected chi connectivity index (χ4v) is 3.63. The highest BCUT2D eigenvalue weighted by Crippen LogP contribution is 2.29. The van der Waals surface area contributed by atoms with Crippen molar-refractivity contribution in [2.45, 2.75) is 22.5 Å². The number of benzene rings is 2. The molecule has 0 aliphatic heterocycles. The zero-order chi connectivity index (χ0) is 18.9. The topological polar surface area (TPSA) is 80.3 Å². The molecule has 0 spiro atoms. The molecule has 136 valence electrons. The van der Waals surface area contributed by atoms with Crippen LogP contribution in [0.2, 0.25) is 0 Å². The van der Waals surface area contributed by atoms with Gasteiger partial charge in [-0.3, -0.25) is 0 Å². The molecule has 0 bridgehead atoms. The monoisotopic (exact) mass is 393 g/mol. The molecule has 0 fully saturated rings. The van der Waals surface area contributed by atoms with Crippen LogP contribution < -0.4 is 4.72 Å². The van der Waals surface area contributed by atoms with Crippen LogP contribution in [0, 0.1) is 0 Å². The van der Waals surface area contributed by atoms with Gasteiger partial charge < -0.3 is 0 Å². The second-order valence-corrected chi connectivity index (χ2v) is 9.05. The minimum absolute atomic E-state index is 0.0377. The first-order chi connectivity index (χ1) is 11.4. The quantitative estimate of drug-likeness (QED) is 0.847. The molecule has 2 rings (SSSR count). The number of halogens is 3. The highest BCUT2D eigenvalue weighted by Gasteiger charge is 2.30. The van der Waals surface area contributed by atoms with Crippen molar-refractivity contribution >= 4 is 19.9 Å². The summed E-state index contributed by atoms with van der Waals surface area (Å²) in [4.78, 5) is -0.226. The van der Waals surface area contributed by atoms with E-state index in [1.165, 1.54) is 12.1 Å². The van der Waals surface area contributed by atoms with Gasteiger partial charge in [-0.15, -0.1) is 0 Å². The third kappa shape index (κ3) is 5.03. The lowest BCUT2D eigenvalue weighted by Gasteiger charge is -2.10. The zero-order valence-corrected chi connectivity index (χ0v) is 14.5. The summed E-state index contributed by atoms with van der Waals surface area (Å²) in [5, 5.41) is 0. The van der Waals surface area contributed by atoms with E-state index in [2.05, 4.69) is 4.72 Å². The standard InChI is InChI=1S/C15H14F3NO4S2/c1-24(20,21)13-5-7-14(8-6-13)25(22,23)19-10-11-3-2-4-12(9-11)15(16,17)18/h2-9,19H,10H2,1H3. The van der Waals surface area contributed by atoms with E-state index in [9.17, 15) is 30.0 Å². The minimum Gasteiger partial charge on any atom is -0.224 e. The second kappa shape index (κ2) is 6.77. The first kappa shape index (κ1) is 19.4. The number of sulfonamides is 1. The molecule has 0 unspecified atom stereocenters. The van der Waals surface area contributed by atoms with Crippen molar-refractivity contribution in [1.82, 2.24) is 4.72 Å². The Balaban J connectivity index is 2.17. The van der Waals surface area contributed by atoms with Crippen LogP contribution in [0.25, 0.3) is 0 Å². The maximum absolute atomic E-state index is 12.7. The van der Waals surface area contributed by atoms with Crippen molar-refractivity contribution in [3.05, 3.63) is 59.7 Å². The number of alkyl halides is 3. The molecule has 5 nitrogen and oxygen atoms in total. The minimum atomic E-state index is -4.52. The van der Waals surface area contributed by atoms with E-state index in [-0.39, 0.29) is 21.9 Å². The fourth-order valence-electron chi connectivity index (χ4n) is 1.99. The number of hydrogen-bond acceptors (Lipinski definition) is 4. The molecule has 0 radical (unpaired) electrons. The summed E-state index contributed by atoms with van der Waals surface area (Å²) in [5.41, 5.74) is -0.729. The fraction of sp³-hybridized carbons (Fsp3) is 0.200. The normalized spacial score (nSPS) is 13.0. The summed E-state index contributed by atoms with van der Waals surface area (Å²) in [6.45, 7) is -0.333. The van der Waals surface area contributed by atoms with Gasteiger partial charge in [-0.05, 0) is 35.9 Å². The van der Waals surface area contributed by atoms with Crippen LogP contribution >= 0.6 is 0 Å². The van der Waals surface area contributed by atoms with E-state index < -0.39 is 31.6 Å². The molecule has 0 aliphatic rings. The van der Waals surface area contributed by atoms with Gasteiger partial charge in [0.15, 0.2) is 9.84 Å². The molecule has 0 atom stereocenters. The molecule has 2 aromatic rings. The molecule has 0 saturated heterocycles. The van der Waals surface area contributed by atoms with Crippen molar-refractivity contribution in [2.24, 2.45) is 0 Å². The van der Waals surface area contributed by atoms with Gasteiger partial charge in [0.05, 0.1) is 15.4 Å². The zero-order valence-electron chi connectivity index (χ0n) is 12.9. The number of sulfone groups is 1. The van der Waals surface area contributed by atoms with Crippen molar-refractivity contribution in [3.63, 3.8) is 0 Å². The van der Waals surface area contributed by atoms with Gasteiger partial charge in [-0.25, -0.2) is 21.6 Å². The van der Waals surface area contributed by atoms with E-state index in [1.807, 2.05) is 0 Å². The molecule has 0 saturated carbocycles. The highest BCUT2D eigenvalue weighted by molar-refractivity contribution is 7.90. The lowest BCUT2D eigenvalue weighted by atomic mass is 10.1. The number of nitrogens with one attached hydrogen (secondary N) is 1. The highest BCUT2D eigenvalue weighted by atomic mass is 32.2. The smallest absolute Gasteiger partial charge is 0.224 e. The van der Waals surface area contributed by atoms with E-state index in [0.29, 0.717) is 0 Å². The Morgan fingerprint density at radius 3 is 2.00 bits per heavy atom. The Morgan fingerprint density at radius 2 is 1.48 bits per heavy atom. The van der Waals surface area contributed by atoms with E-state index in [4.69, 9.17) is 0 Å². The molecular formula is C15H14F3NO4S2. The SMILES string of the molecule is CS(=O)(=O)c1ccc(S(=O)(=O)NCc2cccc(C(F)(F)F)c2)cc1. The van der Waals surface area contributed by atoms with Crippen molar-refractivity contribution in [2.75, 3.05) is 6.26 Å². The first-order valence-corrected chi connectivity index (χ1v) is 10.2. The summed E-state index contributed by atoms with van der Waals surface area (Å²) in [6, 6.07) is 8.83.